The van der Waals surface area contributed by atoms with Crippen molar-refractivity contribution in [3.63, 3.8) is 0 Å². The predicted molar refractivity (Wildman–Crippen MR) is 81.7 cm³/mol. The van der Waals surface area contributed by atoms with Gasteiger partial charge in [0.1, 0.15) is 0 Å². The zero-order valence-corrected chi connectivity index (χ0v) is 12.5. The van der Waals surface area contributed by atoms with Crippen LogP contribution in [0, 0.1) is 0 Å². The molecule has 1 amide bonds. The maximum absolute atomic E-state index is 12.2. The smallest absolute Gasteiger partial charge is 0.252 e. The van der Waals surface area contributed by atoms with Gasteiger partial charge in [0.25, 0.3) is 5.91 Å². The van der Waals surface area contributed by atoms with E-state index in [0.717, 1.165) is 23.7 Å². The second-order valence-corrected chi connectivity index (χ2v) is 5.72. The lowest BCUT2D eigenvalue weighted by molar-refractivity contribution is 0.0955. The van der Waals surface area contributed by atoms with Crippen LogP contribution in [0.25, 0.3) is 10.9 Å². The Kier molecular flexibility index (Phi) is 4.91. The lowest BCUT2D eigenvalue weighted by Crippen LogP contribution is -2.26. The molecule has 0 aliphatic heterocycles. The molecule has 0 spiro atoms. The van der Waals surface area contributed by atoms with Crippen LogP contribution in [-0.2, 0) is 0 Å². The summed E-state index contributed by atoms with van der Waals surface area (Å²) in [6, 6.07) is 9.46. The first-order valence-electron chi connectivity index (χ1n) is 6.48. The van der Waals surface area contributed by atoms with Gasteiger partial charge in [-0.2, -0.15) is 0 Å². The van der Waals surface area contributed by atoms with E-state index < -0.39 is 0 Å². The Labute approximate surface area is 121 Å². The van der Waals surface area contributed by atoms with Crippen LogP contribution >= 0.6 is 15.9 Å². The highest BCUT2D eigenvalue weighted by Gasteiger charge is 2.10. The number of carbonyl (C=O) groups excluding carboxylic acids is 1. The zero-order valence-electron chi connectivity index (χ0n) is 10.9. The Morgan fingerprint density at radius 1 is 1.37 bits per heavy atom. The van der Waals surface area contributed by atoms with Crippen LogP contribution in [0.3, 0.4) is 0 Å². The van der Waals surface area contributed by atoms with Gasteiger partial charge in [-0.05, 0) is 25.0 Å². The minimum Gasteiger partial charge on any atom is -0.352 e. The molecule has 0 aliphatic carbocycles. The van der Waals surface area contributed by atoms with Crippen molar-refractivity contribution in [1.82, 2.24) is 10.3 Å². The molecule has 1 aromatic carbocycles. The molecule has 1 unspecified atom stereocenters. The summed E-state index contributed by atoms with van der Waals surface area (Å²) in [7, 11) is 0. The Hall–Kier alpha value is -1.42. The molecule has 19 heavy (non-hydrogen) atoms. The van der Waals surface area contributed by atoms with Crippen molar-refractivity contribution >= 4 is 32.7 Å². The summed E-state index contributed by atoms with van der Waals surface area (Å²) in [4.78, 5) is 16.9. The van der Waals surface area contributed by atoms with Crippen LogP contribution in [0.15, 0.2) is 36.5 Å². The lowest BCUT2D eigenvalue weighted by atomic mass is 10.1. The van der Waals surface area contributed by atoms with Crippen molar-refractivity contribution in [3.05, 3.63) is 42.1 Å². The average Bonchev–Trinajstić information content (AvgIpc) is 2.46. The first-order chi connectivity index (χ1) is 9.22. The van der Waals surface area contributed by atoms with Gasteiger partial charge in [0.2, 0.25) is 0 Å². The number of pyridine rings is 1. The number of carbonyl (C=O) groups is 1. The fourth-order valence-electron chi connectivity index (χ4n) is 1.94. The molecule has 100 valence electrons. The summed E-state index contributed by atoms with van der Waals surface area (Å²) in [5, 5.41) is 3.86. The molecule has 0 saturated heterocycles. The summed E-state index contributed by atoms with van der Waals surface area (Å²) in [5.41, 5.74) is 1.54. The van der Waals surface area contributed by atoms with Crippen molar-refractivity contribution in [2.75, 3.05) is 6.54 Å². The first kappa shape index (κ1) is 14.0. The number of aromatic nitrogens is 1. The lowest BCUT2D eigenvalue weighted by Gasteiger charge is -2.09. The van der Waals surface area contributed by atoms with Crippen LogP contribution in [0.5, 0.6) is 0 Å². The number of fused-ring (bicyclic) bond motifs is 1. The number of benzene rings is 1. The van der Waals surface area contributed by atoms with E-state index in [-0.39, 0.29) is 5.91 Å². The highest BCUT2D eigenvalue weighted by Crippen LogP contribution is 2.16. The third-order valence-electron chi connectivity index (χ3n) is 3.08. The van der Waals surface area contributed by atoms with Crippen molar-refractivity contribution in [3.8, 4) is 0 Å². The van der Waals surface area contributed by atoms with Gasteiger partial charge in [-0.15, -0.1) is 0 Å². The number of hydrogen-bond acceptors (Lipinski definition) is 2. The third kappa shape index (κ3) is 3.53. The van der Waals surface area contributed by atoms with Crippen molar-refractivity contribution in [2.45, 2.75) is 24.6 Å². The van der Waals surface area contributed by atoms with E-state index in [4.69, 9.17) is 0 Å². The molecule has 1 N–H and O–H groups in total. The molecule has 3 nitrogen and oxygen atoms in total. The normalized spacial score (nSPS) is 12.3. The van der Waals surface area contributed by atoms with Crippen LogP contribution in [0.2, 0.25) is 0 Å². The number of amides is 1. The maximum atomic E-state index is 12.2. The minimum absolute atomic E-state index is 0.0330. The first-order valence-corrected chi connectivity index (χ1v) is 7.40. The fraction of sp³-hybridized carbons (Fsp3) is 0.333. The number of alkyl halides is 1. The van der Waals surface area contributed by atoms with E-state index in [9.17, 15) is 4.79 Å². The fourth-order valence-corrected chi connectivity index (χ4v) is 2.16. The molecule has 2 aromatic rings. The van der Waals surface area contributed by atoms with Gasteiger partial charge < -0.3 is 5.32 Å². The van der Waals surface area contributed by atoms with Gasteiger partial charge >= 0.3 is 0 Å². The Bertz CT molecular complexity index is 566. The number of hydrogen-bond donors (Lipinski definition) is 1. The summed E-state index contributed by atoms with van der Waals surface area (Å²) in [6.07, 6.45) is 3.68. The Balaban J connectivity index is 2.09. The van der Waals surface area contributed by atoms with E-state index in [2.05, 4.69) is 33.2 Å². The molecule has 1 atom stereocenters. The van der Waals surface area contributed by atoms with E-state index in [1.165, 1.54) is 0 Å². The maximum Gasteiger partial charge on any atom is 0.252 e. The Morgan fingerprint density at radius 3 is 2.95 bits per heavy atom. The summed E-state index contributed by atoms with van der Waals surface area (Å²) < 4.78 is 0. The molecule has 1 heterocycles. The van der Waals surface area contributed by atoms with Crippen LogP contribution in [-0.4, -0.2) is 22.3 Å². The van der Waals surface area contributed by atoms with Crippen molar-refractivity contribution < 1.29 is 4.79 Å². The summed E-state index contributed by atoms with van der Waals surface area (Å²) in [6.45, 7) is 2.80. The molecule has 1 aromatic heterocycles. The number of halogens is 1. The summed E-state index contributed by atoms with van der Waals surface area (Å²) in [5.74, 6) is -0.0330. The molecule has 2 rings (SSSR count). The number of nitrogens with zero attached hydrogens (tertiary/aromatic N) is 1. The van der Waals surface area contributed by atoms with Crippen LogP contribution < -0.4 is 5.32 Å². The predicted octanol–water partition coefficient (Wildman–Crippen LogP) is 3.53. The van der Waals surface area contributed by atoms with Gasteiger partial charge in [0.05, 0.1) is 11.1 Å². The van der Waals surface area contributed by atoms with Crippen molar-refractivity contribution in [2.24, 2.45) is 0 Å². The third-order valence-corrected chi connectivity index (χ3v) is 4.19. The molecular formula is C15H17BrN2O. The SMILES string of the molecule is CCC(Br)CCNC(=O)c1ccnc2ccccc12. The molecule has 0 fully saturated rings. The van der Waals surface area contributed by atoms with E-state index >= 15 is 0 Å². The molecule has 0 aliphatic rings. The standard InChI is InChI=1S/C15H17BrN2O/c1-2-11(16)7-9-18-15(19)13-8-10-17-14-6-4-3-5-12(13)14/h3-6,8,10-11H,2,7,9H2,1H3,(H,18,19). The van der Waals surface area contributed by atoms with Gasteiger partial charge in [-0.25, -0.2) is 0 Å². The highest BCUT2D eigenvalue weighted by atomic mass is 79.9. The molecule has 0 radical (unpaired) electrons. The number of nitrogens with one attached hydrogen (secondary N) is 1. The number of rotatable bonds is 5. The molecule has 4 heteroatoms. The highest BCUT2D eigenvalue weighted by molar-refractivity contribution is 9.09. The van der Waals surface area contributed by atoms with Gasteiger partial charge in [0.15, 0.2) is 0 Å². The molecular weight excluding hydrogens is 304 g/mol. The van der Waals surface area contributed by atoms with E-state index in [1.54, 1.807) is 12.3 Å². The molecule has 0 bridgehead atoms. The topological polar surface area (TPSA) is 42.0 Å². The quantitative estimate of drug-likeness (QED) is 0.856. The average molecular weight is 321 g/mol. The largest absolute Gasteiger partial charge is 0.352 e. The van der Waals surface area contributed by atoms with Crippen LogP contribution in [0.1, 0.15) is 30.1 Å². The molecule has 0 saturated carbocycles. The number of para-hydroxylation sites is 1. The minimum atomic E-state index is -0.0330. The van der Waals surface area contributed by atoms with Gasteiger partial charge in [0, 0.05) is 23.0 Å². The summed E-state index contributed by atoms with van der Waals surface area (Å²) >= 11 is 3.56. The van der Waals surface area contributed by atoms with Crippen LogP contribution in [0.4, 0.5) is 0 Å². The van der Waals surface area contributed by atoms with Gasteiger partial charge in [-0.1, -0.05) is 41.1 Å². The Morgan fingerprint density at radius 2 is 2.16 bits per heavy atom. The van der Waals surface area contributed by atoms with E-state index in [1.807, 2.05) is 24.3 Å². The van der Waals surface area contributed by atoms with Crippen molar-refractivity contribution in [1.29, 1.82) is 0 Å². The van der Waals surface area contributed by atoms with Gasteiger partial charge in [-0.3, -0.25) is 9.78 Å². The zero-order chi connectivity index (χ0) is 13.7. The van der Waals surface area contributed by atoms with E-state index in [0.29, 0.717) is 16.9 Å². The second-order valence-electron chi connectivity index (χ2n) is 4.43. The second kappa shape index (κ2) is 6.66. The monoisotopic (exact) mass is 320 g/mol.